The highest BCUT2D eigenvalue weighted by atomic mass is 16.4. The third-order valence-corrected chi connectivity index (χ3v) is 14.0. The molecule has 0 fully saturated rings. The summed E-state index contributed by atoms with van der Waals surface area (Å²) in [4.78, 5) is 147. The summed E-state index contributed by atoms with van der Waals surface area (Å²) in [6.07, 6.45) is 2.30. The van der Waals surface area contributed by atoms with Crippen LogP contribution in [-0.4, -0.2) is 155 Å². The van der Waals surface area contributed by atoms with Gasteiger partial charge in [-0.05, 0) is 111 Å². The molecule has 0 spiro atoms. The number of carbonyl (C=O) groups excluding carboxylic acids is 10. The Balaban J connectivity index is 2.31. The lowest BCUT2D eigenvalue weighted by Gasteiger charge is -2.29. The summed E-state index contributed by atoms with van der Waals surface area (Å²) in [6, 6.07) is 1.52. The van der Waals surface area contributed by atoms with Gasteiger partial charge in [-0.1, -0.05) is 85.1 Å². The van der Waals surface area contributed by atoms with Gasteiger partial charge in [0.2, 0.25) is 59.1 Å². The van der Waals surface area contributed by atoms with Gasteiger partial charge >= 0.3 is 5.97 Å². The van der Waals surface area contributed by atoms with Crippen LogP contribution in [0.5, 0.6) is 11.5 Å². The van der Waals surface area contributed by atoms with Crippen molar-refractivity contribution in [1.82, 2.24) is 47.9 Å². The van der Waals surface area contributed by atoms with Crippen LogP contribution in [0.3, 0.4) is 0 Å². The molecular formula is C57H91N13O14. The van der Waals surface area contributed by atoms with Gasteiger partial charge < -0.3 is 86.1 Å². The number of rotatable bonds is 40. The molecule has 2 aromatic rings. The molecular weight excluding hydrogens is 1090 g/mol. The number of unbranched alkanes of at least 4 members (excludes halogenated alkanes) is 2. The quantitative estimate of drug-likeness (QED) is 0.0341. The average molecular weight is 1180 g/mol. The maximum atomic E-state index is 14.4. The molecule has 0 aliphatic carbocycles. The second-order valence-electron chi connectivity index (χ2n) is 21.5. The van der Waals surface area contributed by atoms with Crippen molar-refractivity contribution >= 4 is 65.0 Å². The first kappa shape index (κ1) is 72.2. The summed E-state index contributed by atoms with van der Waals surface area (Å²) in [5, 5.41) is 52.5. The number of phenols is 2. The molecule has 0 unspecified atom stereocenters. The highest BCUT2D eigenvalue weighted by Crippen LogP contribution is 2.17. The lowest BCUT2D eigenvalue weighted by atomic mass is 9.96. The molecule has 20 N–H and O–H groups in total. The molecule has 84 heavy (non-hydrogen) atoms. The number of carboxylic acids is 1. The van der Waals surface area contributed by atoms with Gasteiger partial charge in [0.1, 0.15) is 53.8 Å². The zero-order valence-corrected chi connectivity index (χ0v) is 49.1. The van der Waals surface area contributed by atoms with Crippen LogP contribution >= 0.6 is 0 Å². The number of carbonyl (C=O) groups is 11. The molecule has 10 amide bonds. The number of aromatic hydroxyl groups is 2. The molecule has 0 radical (unpaired) electrons. The first-order valence-electron chi connectivity index (χ1n) is 28.6. The number of nitrogens with one attached hydrogen (secondary N) is 9. The zero-order chi connectivity index (χ0) is 63.1. The van der Waals surface area contributed by atoms with Gasteiger partial charge in [-0.2, -0.15) is 0 Å². The van der Waals surface area contributed by atoms with Crippen molar-refractivity contribution in [3.63, 3.8) is 0 Å². The summed E-state index contributed by atoms with van der Waals surface area (Å²) in [5.41, 5.74) is 23.9. The van der Waals surface area contributed by atoms with Crippen LogP contribution in [0.4, 0.5) is 0 Å². The smallest absolute Gasteiger partial charge is 0.326 e. The van der Waals surface area contributed by atoms with E-state index in [0.717, 1.165) is 0 Å². The topological polar surface area (TPSA) is 461 Å². The fourth-order valence-electron chi connectivity index (χ4n) is 8.59. The monoisotopic (exact) mass is 1180 g/mol. The minimum atomic E-state index is -1.49. The Morgan fingerprint density at radius 3 is 1.35 bits per heavy atom. The predicted octanol–water partition coefficient (Wildman–Crippen LogP) is -1.42. The Labute approximate surface area is 490 Å². The maximum absolute atomic E-state index is 14.4. The van der Waals surface area contributed by atoms with Crippen LogP contribution in [0.1, 0.15) is 123 Å². The van der Waals surface area contributed by atoms with Crippen LogP contribution in [-0.2, 0) is 65.6 Å². The van der Waals surface area contributed by atoms with Gasteiger partial charge in [-0.25, -0.2) is 4.79 Å². The number of aliphatic carboxylic acids is 1. The fraction of sp³-hybridized carbons (Fsp3) is 0.596. The molecule has 0 saturated carbocycles. The molecule has 27 heteroatoms. The van der Waals surface area contributed by atoms with Crippen molar-refractivity contribution in [2.45, 2.75) is 173 Å². The van der Waals surface area contributed by atoms with E-state index in [0.29, 0.717) is 62.6 Å². The van der Waals surface area contributed by atoms with E-state index in [9.17, 15) is 68.1 Å². The molecule has 2 rings (SSSR count). The van der Waals surface area contributed by atoms with Gasteiger partial charge in [-0.3, -0.25) is 47.9 Å². The molecule has 0 aliphatic rings. The van der Waals surface area contributed by atoms with Crippen LogP contribution in [0.2, 0.25) is 0 Å². The number of nitrogens with two attached hydrogens (primary N) is 4. The molecule has 0 saturated heterocycles. The number of amides is 10. The summed E-state index contributed by atoms with van der Waals surface area (Å²) >= 11 is 0. The van der Waals surface area contributed by atoms with Gasteiger partial charge in [0.05, 0.1) is 19.1 Å². The van der Waals surface area contributed by atoms with Crippen molar-refractivity contribution in [3.05, 3.63) is 59.7 Å². The minimum absolute atomic E-state index is 0.0390. The molecule has 0 bridgehead atoms. The first-order valence-corrected chi connectivity index (χ1v) is 28.6. The maximum Gasteiger partial charge on any atom is 0.326 e. The molecule has 468 valence electrons. The molecule has 27 nitrogen and oxygen atoms in total. The lowest BCUT2D eigenvalue weighted by Crippen LogP contribution is -2.60. The van der Waals surface area contributed by atoms with Crippen LogP contribution in [0.15, 0.2) is 48.5 Å². The zero-order valence-electron chi connectivity index (χ0n) is 49.1. The van der Waals surface area contributed by atoms with E-state index in [4.69, 9.17) is 22.9 Å². The van der Waals surface area contributed by atoms with E-state index < -0.39 is 145 Å². The minimum Gasteiger partial charge on any atom is -0.508 e. The van der Waals surface area contributed by atoms with E-state index >= 15 is 0 Å². The number of hydrogen-bond donors (Lipinski definition) is 16. The Bertz CT molecular complexity index is 2480. The third kappa shape index (κ3) is 27.0. The molecule has 10 atom stereocenters. The Morgan fingerprint density at radius 2 is 0.881 bits per heavy atom. The Morgan fingerprint density at radius 1 is 0.476 bits per heavy atom. The Hall–Kier alpha value is -7.91. The van der Waals surface area contributed by atoms with Gasteiger partial charge in [0, 0.05) is 19.3 Å². The normalized spacial score (nSPS) is 14.7. The average Bonchev–Trinajstić information content (AvgIpc) is 3.56. The molecule has 2 aromatic carbocycles. The van der Waals surface area contributed by atoms with E-state index in [1.165, 1.54) is 36.4 Å². The van der Waals surface area contributed by atoms with E-state index in [-0.39, 0.29) is 56.1 Å². The van der Waals surface area contributed by atoms with E-state index in [1.807, 2.05) is 6.92 Å². The summed E-state index contributed by atoms with van der Waals surface area (Å²) in [5.74, 6) is -10.6. The second kappa shape index (κ2) is 38.0. The van der Waals surface area contributed by atoms with Crippen LogP contribution < -0.4 is 70.8 Å². The number of phenolic OH excluding ortho intramolecular Hbond substituents is 2. The highest BCUT2D eigenvalue weighted by molar-refractivity contribution is 5.98. The van der Waals surface area contributed by atoms with Crippen molar-refractivity contribution in [1.29, 1.82) is 0 Å². The largest absolute Gasteiger partial charge is 0.508 e. The molecule has 0 aromatic heterocycles. The van der Waals surface area contributed by atoms with Crippen molar-refractivity contribution < 1.29 is 68.1 Å². The summed E-state index contributed by atoms with van der Waals surface area (Å²) in [7, 11) is 0. The van der Waals surface area contributed by atoms with E-state index in [2.05, 4.69) is 47.9 Å². The van der Waals surface area contributed by atoms with Gasteiger partial charge in [0.15, 0.2) is 0 Å². The third-order valence-electron chi connectivity index (χ3n) is 14.0. The number of primary amides is 1. The van der Waals surface area contributed by atoms with E-state index in [1.54, 1.807) is 46.8 Å². The second-order valence-corrected chi connectivity index (χ2v) is 21.5. The SMILES string of the molecule is CC[C@H](C)[C@H](NC(=O)[C@H](CCCCN)NC(=O)[C@H](Cc1ccc(O)cc1)NC(=O)[C@@H](NC(=O)[C@@H](N)CCCCN)[C@@H](C)CC)C(=O)NCC(=O)N[C@@H](CCC(N)=O)C(=O)NCC(=O)N[C@@H](Cc1ccc(O)cc1)C(=O)N[C@@H](CC(C)C)C(=O)O. The number of hydrogen-bond acceptors (Lipinski definition) is 16. The van der Waals surface area contributed by atoms with Gasteiger partial charge in [-0.15, -0.1) is 0 Å². The van der Waals surface area contributed by atoms with Crippen molar-refractivity contribution in [2.24, 2.45) is 40.7 Å². The highest BCUT2D eigenvalue weighted by Gasteiger charge is 2.35. The van der Waals surface area contributed by atoms with Crippen LogP contribution in [0.25, 0.3) is 0 Å². The van der Waals surface area contributed by atoms with Crippen molar-refractivity contribution in [3.8, 4) is 11.5 Å². The summed E-state index contributed by atoms with van der Waals surface area (Å²) in [6.45, 7) is 9.69. The number of benzene rings is 2. The standard InChI is InChI=1S/C57H91N13O14/c1-7-33(5)48(70-52(78)40(14-10-12-26-59)66-54(80)43(29-36-17-21-38(72)22-18-36)67-56(82)49(34(6)8-2)69-50(76)39(60)13-9-11-25-58)55(81)63-31-46(74)64-41(23-24-45(61)73)51(77)62-30-47(75)65-42(28-35-15-19-37(71)20-16-35)53(79)68-44(57(83)84)27-32(3)4/h15-22,32-34,39-44,48-49,71-72H,7-14,23-31,58-60H2,1-6H3,(H2,61,73)(H,62,77)(H,63,81)(H,64,74)(H,65,75)(H,66,80)(H,67,82)(H,68,79)(H,69,76)(H,70,78)(H,83,84)/t33-,34-,39-,40-,41-,42-,43-,44-,48-,49-/m0/s1. The molecule has 0 aliphatic heterocycles. The van der Waals surface area contributed by atoms with Gasteiger partial charge in [0.25, 0.3) is 0 Å². The van der Waals surface area contributed by atoms with Crippen LogP contribution in [0, 0.1) is 17.8 Å². The Kier molecular flexibility index (Phi) is 32.7. The lowest BCUT2D eigenvalue weighted by molar-refractivity contribution is -0.142. The molecule has 0 heterocycles. The first-order chi connectivity index (χ1) is 39.7. The predicted molar refractivity (Wildman–Crippen MR) is 311 cm³/mol. The van der Waals surface area contributed by atoms with Crippen molar-refractivity contribution in [2.75, 3.05) is 26.2 Å². The summed E-state index contributed by atoms with van der Waals surface area (Å²) < 4.78 is 0. The fourth-order valence-corrected chi connectivity index (χ4v) is 8.59. The number of carboxylic acid groups (broad SMARTS) is 1.